The van der Waals surface area contributed by atoms with E-state index in [0.717, 1.165) is 5.56 Å². The van der Waals surface area contributed by atoms with Crippen LogP contribution in [0.3, 0.4) is 0 Å². The van der Waals surface area contributed by atoms with E-state index in [-0.39, 0.29) is 0 Å². The van der Waals surface area contributed by atoms with Gasteiger partial charge in [-0.15, -0.1) is 0 Å². The molecule has 1 aromatic carbocycles. The van der Waals surface area contributed by atoms with E-state index in [1.165, 1.54) is 19.3 Å². The summed E-state index contributed by atoms with van der Waals surface area (Å²) < 4.78 is 0. The topological polar surface area (TPSA) is 20.2 Å². The molecule has 0 amide bonds. The third-order valence-corrected chi connectivity index (χ3v) is 2.41. The highest BCUT2D eigenvalue weighted by molar-refractivity contribution is 5.34. The average molecular weight is 147 g/mol. The smallest absolute Gasteiger partial charge is 0.127 e. The predicted molar refractivity (Wildman–Crippen MR) is 43.5 cm³/mol. The van der Waals surface area contributed by atoms with Crippen molar-refractivity contribution in [2.24, 2.45) is 0 Å². The summed E-state index contributed by atoms with van der Waals surface area (Å²) in [6.07, 6.45) is 3.76. The Morgan fingerprint density at radius 3 is 2.82 bits per heavy atom. The van der Waals surface area contributed by atoms with Crippen LogP contribution in [0.2, 0.25) is 0 Å². The van der Waals surface area contributed by atoms with Gasteiger partial charge in [-0.05, 0) is 24.3 Å². The molecule has 0 unspecified atom stereocenters. The number of hydrogen-bond donors (Lipinski definition) is 1. The van der Waals surface area contributed by atoms with E-state index in [1.807, 2.05) is 12.1 Å². The first-order valence-electron chi connectivity index (χ1n) is 4.07. The molecule has 0 atom stereocenters. The minimum atomic E-state index is 0.345. The first kappa shape index (κ1) is 6.71. The Hall–Kier alpha value is -0.980. The van der Waals surface area contributed by atoms with Gasteiger partial charge in [0.05, 0.1) is 0 Å². The number of aromatic hydroxyl groups is 1. The summed E-state index contributed by atoms with van der Waals surface area (Å²) in [5.74, 6) is 0.949. The maximum Gasteiger partial charge on any atom is 0.127 e. The largest absolute Gasteiger partial charge is 0.507 e. The fourth-order valence-corrected chi connectivity index (χ4v) is 1.49. The number of phenolic OH excluding ortho intramolecular Hbond substituents is 1. The Bertz CT molecular complexity index is 251. The second kappa shape index (κ2) is 2.57. The molecule has 1 aliphatic rings. The van der Waals surface area contributed by atoms with Crippen LogP contribution >= 0.6 is 0 Å². The second-order valence-electron chi connectivity index (χ2n) is 3.10. The summed E-state index contributed by atoms with van der Waals surface area (Å²) in [5, 5.41) is 9.39. The van der Waals surface area contributed by atoms with Crippen LogP contribution in [0.25, 0.3) is 0 Å². The van der Waals surface area contributed by atoms with Gasteiger partial charge in [-0.2, -0.15) is 0 Å². The summed E-state index contributed by atoms with van der Waals surface area (Å²) in [7, 11) is 0. The second-order valence-corrected chi connectivity index (χ2v) is 3.10. The van der Waals surface area contributed by atoms with E-state index in [1.54, 1.807) is 6.07 Å². The van der Waals surface area contributed by atoms with Crippen molar-refractivity contribution in [2.45, 2.75) is 25.2 Å². The molecule has 0 aliphatic heterocycles. The van der Waals surface area contributed by atoms with Gasteiger partial charge in [0.2, 0.25) is 0 Å². The minimum absolute atomic E-state index is 0.345. The quantitative estimate of drug-likeness (QED) is 0.647. The molecule has 1 aliphatic carbocycles. The highest BCUT2D eigenvalue weighted by atomic mass is 16.3. The molecule has 1 nitrogen and oxygen atoms in total. The lowest BCUT2D eigenvalue weighted by atomic mass is 9.80. The van der Waals surface area contributed by atoms with Crippen LogP contribution in [0.5, 0.6) is 5.75 Å². The van der Waals surface area contributed by atoms with Gasteiger partial charge in [0.15, 0.2) is 0 Å². The van der Waals surface area contributed by atoms with Crippen LogP contribution in [0.1, 0.15) is 30.7 Å². The van der Waals surface area contributed by atoms with E-state index in [0.29, 0.717) is 11.7 Å². The molecule has 1 heteroatoms. The third-order valence-electron chi connectivity index (χ3n) is 2.41. The van der Waals surface area contributed by atoms with E-state index >= 15 is 0 Å². The van der Waals surface area contributed by atoms with Gasteiger partial charge < -0.3 is 5.11 Å². The summed E-state index contributed by atoms with van der Waals surface area (Å²) in [6.45, 7) is 0. The fraction of sp³-hybridized carbons (Fsp3) is 0.400. The molecule has 1 N–H and O–H groups in total. The Labute approximate surface area is 66.7 Å². The van der Waals surface area contributed by atoms with Crippen molar-refractivity contribution < 1.29 is 5.11 Å². The van der Waals surface area contributed by atoms with Crippen LogP contribution in [-0.4, -0.2) is 5.11 Å². The Morgan fingerprint density at radius 2 is 2.27 bits per heavy atom. The van der Waals surface area contributed by atoms with Gasteiger partial charge in [0.25, 0.3) is 0 Å². The number of benzene rings is 1. The zero-order chi connectivity index (χ0) is 7.68. The van der Waals surface area contributed by atoms with Crippen molar-refractivity contribution in [3.63, 3.8) is 0 Å². The normalized spacial score (nSPS) is 17.8. The molecule has 0 spiro atoms. The van der Waals surface area contributed by atoms with Gasteiger partial charge in [-0.3, -0.25) is 0 Å². The van der Waals surface area contributed by atoms with E-state index in [9.17, 15) is 5.11 Å². The van der Waals surface area contributed by atoms with Crippen molar-refractivity contribution in [1.82, 2.24) is 0 Å². The molecule has 0 bridgehead atoms. The van der Waals surface area contributed by atoms with Crippen molar-refractivity contribution in [2.75, 3.05) is 0 Å². The Morgan fingerprint density at radius 1 is 1.45 bits per heavy atom. The molecule has 1 radical (unpaired) electrons. The fourth-order valence-electron chi connectivity index (χ4n) is 1.49. The van der Waals surface area contributed by atoms with Gasteiger partial charge >= 0.3 is 0 Å². The monoisotopic (exact) mass is 147 g/mol. The maximum atomic E-state index is 9.39. The van der Waals surface area contributed by atoms with E-state index < -0.39 is 0 Å². The summed E-state index contributed by atoms with van der Waals surface area (Å²) in [6, 6.07) is 8.49. The first-order chi connectivity index (χ1) is 5.38. The maximum absolute atomic E-state index is 9.39. The van der Waals surface area contributed by atoms with E-state index in [4.69, 9.17) is 0 Å². The molecule has 1 saturated carbocycles. The Kier molecular flexibility index (Phi) is 1.57. The average Bonchev–Trinajstić information content (AvgIpc) is 1.90. The van der Waals surface area contributed by atoms with Crippen LogP contribution < -0.4 is 0 Å². The van der Waals surface area contributed by atoms with Crippen molar-refractivity contribution in [3.8, 4) is 5.75 Å². The molecular formula is C10H11O. The number of phenols is 1. The Balaban J connectivity index is 2.28. The lowest BCUT2D eigenvalue weighted by molar-refractivity contribution is 0.392. The summed E-state index contributed by atoms with van der Waals surface area (Å²) in [5.41, 5.74) is 1.08. The highest BCUT2D eigenvalue weighted by Gasteiger charge is 2.21. The van der Waals surface area contributed by atoms with Crippen LogP contribution in [0, 0.1) is 6.07 Å². The molecule has 11 heavy (non-hydrogen) atoms. The standard InChI is InChI=1S/C10H11O/c11-10-7-2-1-6-9(10)8-4-3-5-8/h1-2,6,8,11H,3-5H2. The molecule has 2 rings (SSSR count). The number of para-hydroxylation sites is 1. The molecule has 1 aromatic rings. The van der Waals surface area contributed by atoms with Crippen molar-refractivity contribution in [3.05, 3.63) is 29.8 Å². The molecule has 0 saturated heterocycles. The lowest BCUT2D eigenvalue weighted by Gasteiger charge is -2.26. The lowest BCUT2D eigenvalue weighted by Crippen LogP contribution is -2.08. The van der Waals surface area contributed by atoms with Gasteiger partial charge in [-0.1, -0.05) is 24.6 Å². The van der Waals surface area contributed by atoms with Crippen LogP contribution in [0.15, 0.2) is 18.2 Å². The van der Waals surface area contributed by atoms with Gasteiger partial charge in [0.1, 0.15) is 5.75 Å². The van der Waals surface area contributed by atoms with Crippen molar-refractivity contribution >= 4 is 0 Å². The number of rotatable bonds is 1. The third kappa shape index (κ3) is 1.11. The molecule has 57 valence electrons. The van der Waals surface area contributed by atoms with Gasteiger partial charge in [0, 0.05) is 6.07 Å². The first-order valence-corrected chi connectivity index (χ1v) is 4.07. The molecule has 1 fully saturated rings. The molecular weight excluding hydrogens is 136 g/mol. The zero-order valence-electron chi connectivity index (χ0n) is 6.38. The van der Waals surface area contributed by atoms with Gasteiger partial charge in [-0.25, -0.2) is 0 Å². The predicted octanol–water partition coefficient (Wildman–Crippen LogP) is 2.46. The van der Waals surface area contributed by atoms with Crippen molar-refractivity contribution in [1.29, 1.82) is 0 Å². The number of hydrogen-bond acceptors (Lipinski definition) is 1. The summed E-state index contributed by atoms with van der Waals surface area (Å²) in [4.78, 5) is 0. The zero-order valence-corrected chi connectivity index (χ0v) is 6.38. The molecule has 0 heterocycles. The van der Waals surface area contributed by atoms with E-state index in [2.05, 4.69) is 6.07 Å². The van der Waals surface area contributed by atoms with Crippen LogP contribution in [0.4, 0.5) is 0 Å². The highest BCUT2D eigenvalue weighted by Crippen LogP contribution is 2.39. The van der Waals surface area contributed by atoms with Crippen LogP contribution in [-0.2, 0) is 0 Å². The molecule has 0 aromatic heterocycles. The summed E-state index contributed by atoms with van der Waals surface area (Å²) >= 11 is 0. The minimum Gasteiger partial charge on any atom is -0.507 e. The SMILES string of the molecule is Oc1[c]cccc1C1CCC1.